The molecule has 0 amide bonds. The average Bonchev–Trinajstić information content (AvgIpc) is 3.48. The third-order valence-electron chi connectivity index (χ3n) is 10.0. The molecule has 1 rings (SSSR count). The molecule has 1 aromatic heterocycles. The Morgan fingerprint density at radius 1 is 0.726 bits per heavy atom. The number of hydrogen-bond acceptors (Lipinski definition) is 10. The summed E-state index contributed by atoms with van der Waals surface area (Å²) in [4.78, 5) is 37.7. The summed E-state index contributed by atoms with van der Waals surface area (Å²) >= 11 is 0. The number of aliphatic hydroxyl groups is 1. The standard InChI is InChI=1S/C50H82NO10P/c1-8-10-12-13-22-28-33-45(52)34-29-23-18-16-14-15-17-19-26-32-38-50(54)60-46(42-59-62(55,56)58-40-39-51(5,6)7)41-57-49(53)37-31-25-21-20-24-30-36-48-44(4)43(3)47(61-48)35-27-11-9-2/h10,12,14-15,18-19,22-23,26,28-29,34,45-46,52H,8-9,11,13,16-17,20-21,24-25,27,30-33,35-42H2,1-7H3/b12-10-,15-14-,23-18-,26-19-,28-22-,34-29+/t45?,46-/m1/s1. The molecule has 0 bridgehead atoms. The lowest BCUT2D eigenvalue weighted by Gasteiger charge is -2.28. The van der Waals surface area contributed by atoms with E-state index >= 15 is 0 Å². The summed E-state index contributed by atoms with van der Waals surface area (Å²) in [6, 6.07) is 0. The minimum Gasteiger partial charge on any atom is -0.756 e. The topological polar surface area (TPSA) is 145 Å². The first-order chi connectivity index (χ1) is 29.7. The molecule has 0 aromatic carbocycles. The van der Waals surface area contributed by atoms with Crippen LogP contribution in [-0.4, -0.2) is 81.2 Å². The maximum Gasteiger partial charge on any atom is 0.306 e. The molecule has 352 valence electrons. The van der Waals surface area contributed by atoms with Gasteiger partial charge in [0.05, 0.1) is 33.9 Å². The normalized spacial score (nSPS) is 14.7. The maximum absolute atomic E-state index is 12.7. The van der Waals surface area contributed by atoms with E-state index < -0.39 is 38.6 Å². The Morgan fingerprint density at radius 2 is 1.32 bits per heavy atom. The van der Waals surface area contributed by atoms with E-state index in [9.17, 15) is 24.2 Å². The molecule has 62 heavy (non-hydrogen) atoms. The molecule has 0 spiro atoms. The number of aliphatic hydroxyl groups excluding tert-OH is 1. The number of likely N-dealkylation sites (N-methyl/N-ethyl adjacent to an activating group) is 1. The van der Waals surface area contributed by atoms with Crippen LogP contribution in [0.4, 0.5) is 0 Å². The lowest BCUT2D eigenvalue weighted by Crippen LogP contribution is -2.37. The second kappa shape index (κ2) is 35.1. The van der Waals surface area contributed by atoms with Gasteiger partial charge >= 0.3 is 11.9 Å². The van der Waals surface area contributed by atoms with Gasteiger partial charge in [0.2, 0.25) is 0 Å². The van der Waals surface area contributed by atoms with Crippen molar-refractivity contribution in [2.75, 3.05) is 47.5 Å². The van der Waals surface area contributed by atoms with E-state index in [4.69, 9.17) is 22.9 Å². The summed E-state index contributed by atoms with van der Waals surface area (Å²) in [7, 11) is 1.05. The van der Waals surface area contributed by atoms with E-state index in [1.54, 1.807) is 6.08 Å². The van der Waals surface area contributed by atoms with Crippen LogP contribution < -0.4 is 4.89 Å². The second-order valence-corrected chi connectivity index (χ2v) is 18.2. The number of unbranched alkanes of at least 4 members (excludes halogenated alkanes) is 7. The highest BCUT2D eigenvalue weighted by atomic mass is 31.2. The van der Waals surface area contributed by atoms with Gasteiger partial charge in [0.15, 0.2) is 6.10 Å². The maximum atomic E-state index is 12.7. The molecule has 0 radical (unpaired) electrons. The summed E-state index contributed by atoms with van der Waals surface area (Å²) in [5.74, 6) is 1.26. The number of hydrogen-bond donors (Lipinski definition) is 1. The fraction of sp³-hybridized carbons (Fsp3) is 0.640. The van der Waals surface area contributed by atoms with Crippen molar-refractivity contribution >= 4 is 19.8 Å². The molecule has 0 saturated heterocycles. The fourth-order valence-corrected chi connectivity index (χ4v) is 6.85. The number of furan rings is 1. The van der Waals surface area contributed by atoms with Crippen molar-refractivity contribution in [1.82, 2.24) is 0 Å². The van der Waals surface area contributed by atoms with Crippen molar-refractivity contribution in [3.05, 3.63) is 95.6 Å². The van der Waals surface area contributed by atoms with E-state index in [0.29, 0.717) is 36.7 Å². The van der Waals surface area contributed by atoms with Crippen molar-refractivity contribution in [2.24, 2.45) is 0 Å². The number of rotatable bonds is 37. The molecule has 2 unspecified atom stereocenters. The van der Waals surface area contributed by atoms with Gasteiger partial charge in [0, 0.05) is 25.7 Å². The van der Waals surface area contributed by atoms with Crippen LogP contribution in [0, 0.1) is 13.8 Å². The molecule has 0 aliphatic carbocycles. The molecule has 0 aliphatic heterocycles. The zero-order valence-corrected chi connectivity index (χ0v) is 40.3. The largest absolute Gasteiger partial charge is 0.756 e. The summed E-state index contributed by atoms with van der Waals surface area (Å²) in [6.07, 6.45) is 38.1. The van der Waals surface area contributed by atoms with Crippen molar-refractivity contribution in [3.63, 3.8) is 0 Å². The van der Waals surface area contributed by atoms with Gasteiger partial charge in [-0.3, -0.25) is 14.2 Å². The molecular weight excluding hydrogens is 806 g/mol. The lowest BCUT2D eigenvalue weighted by molar-refractivity contribution is -0.870. The smallest absolute Gasteiger partial charge is 0.306 e. The molecule has 0 saturated carbocycles. The van der Waals surface area contributed by atoms with Crippen LogP contribution in [0.3, 0.4) is 0 Å². The van der Waals surface area contributed by atoms with Crippen LogP contribution in [0.15, 0.2) is 77.3 Å². The van der Waals surface area contributed by atoms with Gasteiger partial charge in [-0.1, -0.05) is 125 Å². The molecule has 0 fully saturated rings. The first-order valence-corrected chi connectivity index (χ1v) is 24.6. The van der Waals surface area contributed by atoms with E-state index in [1.807, 2.05) is 69.8 Å². The van der Waals surface area contributed by atoms with E-state index in [2.05, 4.69) is 45.9 Å². The summed E-state index contributed by atoms with van der Waals surface area (Å²) in [5, 5.41) is 10.0. The quantitative estimate of drug-likeness (QED) is 0.0171. The molecule has 0 aliphatic rings. The third-order valence-corrected chi connectivity index (χ3v) is 11.0. The number of esters is 2. The van der Waals surface area contributed by atoms with Crippen LogP contribution in [0.5, 0.6) is 0 Å². The Morgan fingerprint density at radius 3 is 1.98 bits per heavy atom. The number of allylic oxidation sites excluding steroid dienone is 10. The molecule has 1 heterocycles. The Balaban J connectivity index is 2.45. The monoisotopic (exact) mass is 888 g/mol. The number of phosphoric ester groups is 1. The van der Waals surface area contributed by atoms with Gasteiger partial charge in [-0.15, -0.1) is 0 Å². The highest BCUT2D eigenvalue weighted by Gasteiger charge is 2.22. The third kappa shape index (κ3) is 31.5. The van der Waals surface area contributed by atoms with Gasteiger partial charge in [-0.05, 0) is 82.8 Å². The Bertz CT molecular complexity index is 1580. The molecule has 11 nitrogen and oxygen atoms in total. The summed E-state index contributed by atoms with van der Waals surface area (Å²) in [6.45, 7) is 8.16. The first-order valence-electron chi connectivity index (χ1n) is 23.1. The average molecular weight is 888 g/mol. The van der Waals surface area contributed by atoms with E-state index in [1.165, 1.54) is 30.4 Å². The predicted octanol–water partition coefficient (Wildman–Crippen LogP) is 11.0. The van der Waals surface area contributed by atoms with Gasteiger partial charge in [-0.25, -0.2) is 0 Å². The van der Waals surface area contributed by atoms with Gasteiger partial charge in [0.1, 0.15) is 31.3 Å². The minimum absolute atomic E-state index is 0.0627. The second-order valence-electron chi connectivity index (χ2n) is 16.8. The van der Waals surface area contributed by atoms with Crippen molar-refractivity contribution in [3.8, 4) is 0 Å². The molecule has 1 N–H and O–H groups in total. The van der Waals surface area contributed by atoms with Crippen LogP contribution in [-0.2, 0) is 45.5 Å². The van der Waals surface area contributed by atoms with Crippen LogP contribution in [0.25, 0.3) is 0 Å². The first kappa shape index (κ1) is 56.7. The van der Waals surface area contributed by atoms with E-state index in [0.717, 1.165) is 75.7 Å². The van der Waals surface area contributed by atoms with E-state index in [-0.39, 0.29) is 26.1 Å². The van der Waals surface area contributed by atoms with Gasteiger partial charge < -0.3 is 37.4 Å². The van der Waals surface area contributed by atoms with Crippen LogP contribution >= 0.6 is 7.82 Å². The SMILES string of the molecule is CC/C=C\C/C=C\CC(O)/C=C/C=C\C/C=C\C/C=C\CCC(=O)O[C@H](COC(=O)CCCCCCCCc1oc(CCCCC)c(C)c1C)COP(=O)([O-])OCC[N+](C)(C)C. The van der Waals surface area contributed by atoms with Crippen LogP contribution in [0.1, 0.15) is 146 Å². The number of aryl methyl sites for hydroxylation is 2. The Hall–Kier alpha value is -3.31. The number of carbonyl (C=O) groups excluding carboxylic acids is 2. The minimum atomic E-state index is -4.68. The Labute approximate surface area is 375 Å². The van der Waals surface area contributed by atoms with Gasteiger partial charge in [-0.2, -0.15) is 0 Å². The number of ether oxygens (including phenoxy) is 2. The number of nitrogens with zero attached hydrogens (tertiary/aromatic N) is 1. The zero-order valence-electron chi connectivity index (χ0n) is 39.4. The van der Waals surface area contributed by atoms with Crippen molar-refractivity contribution < 1.29 is 51.6 Å². The van der Waals surface area contributed by atoms with Crippen molar-refractivity contribution in [1.29, 1.82) is 0 Å². The van der Waals surface area contributed by atoms with Crippen molar-refractivity contribution in [2.45, 2.75) is 162 Å². The molecule has 1 aromatic rings. The fourth-order valence-electron chi connectivity index (χ4n) is 6.12. The molecule has 12 heteroatoms. The predicted molar refractivity (Wildman–Crippen MR) is 250 cm³/mol. The summed E-state index contributed by atoms with van der Waals surface area (Å²) < 4.78 is 40.1. The van der Waals surface area contributed by atoms with Crippen LogP contribution in [0.2, 0.25) is 0 Å². The molecular formula is C50H82NO10P. The zero-order chi connectivity index (χ0) is 45.9. The molecule has 3 atom stereocenters. The Kier molecular flexibility index (Phi) is 32.1. The summed E-state index contributed by atoms with van der Waals surface area (Å²) in [5.41, 5.74) is 2.59. The van der Waals surface area contributed by atoms with Gasteiger partial charge in [0.25, 0.3) is 7.82 Å². The highest BCUT2D eigenvalue weighted by molar-refractivity contribution is 7.45. The lowest BCUT2D eigenvalue weighted by atomic mass is 10.0. The number of phosphoric acid groups is 1. The number of quaternary nitrogens is 1. The number of carbonyl (C=O) groups is 2. The highest BCUT2D eigenvalue weighted by Crippen LogP contribution is 2.38.